The van der Waals surface area contributed by atoms with Crippen LogP contribution in [-0.4, -0.2) is 56.7 Å². The zero-order valence-corrected chi connectivity index (χ0v) is 18.5. The molecule has 1 unspecified atom stereocenters. The Morgan fingerprint density at radius 1 is 1.22 bits per heavy atom. The van der Waals surface area contributed by atoms with Crippen molar-refractivity contribution in [1.29, 1.82) is 0 Å². The van der Waals surface area contributed by atoms with Crippen LogP contribution in [-0.2, 0) is 19.1 Å². The van der Waals surface area contributed by atoms with E-state index < -0.39 is 47.6 Å². The molecule has 0 bridgehead atoms. The van der Waals surface area contributed by atoms with Gasteiger partial charge in [0, 0.05) is 5.03 Å². The Bertz CT molecular complexity index is 984. The van der Waals surface area contributed by atoms with Gasteiger partial charge in [-0.15, -0.1) is 0 Å². The Morgan fingerprint density at radius 2 is 1.84 bits per heavy atom. The third kappa shape index (κ3) is 4.80. The van der Waals surface area contributed by atoms with Crippen molar-refractivity contribution in [2.45, 2.75) is 57.3 Å². The van der Waals surface area contributed by atoms with E-state index >= 15 is 0 Å². The van der Waals surface area contributed by atoms with E-state index in [0.717, 1.165) is 4.90 Å². The van der Waals surface area contributed by atoms with E-state index in [9.17, 15) is 29.4 Å². The molecule has 2 heterocycles. The van der Waals surface area contributed by atoms with E-state index in [-0.39, 0.29) is 22.9 Å². The number of carboxylic acids is 1. The number of aliphatic carboxylic acids is 1. The minimum atomic E-state index is -1.31. The number of ether oxygens (including phenoxy) is 1. The smallest absolute Gasteiger partial charge is 0.408 e. The molecule has 0 aromatic heterocycles. The molecule has 0 saturated carbocycles. The van der Waals surface area contributed by atoms with Gasteiger partial charge in [0.05, 0.1) is 6.04 Å². The monoisotopic (exact) mass is 465 g/mol. The predicted octanol–water partition coefficient (Wildman–Crippen LogP) is 1.98. The Labute approximate surface area is 189 Å². The first-order chi connectivity index (χ1) is 14.9. The lowest BCUT2D eigenvalue weighted by molar-refractivity contribution is -0.156. The van der Waals surface area contributed by atoms with E-state index in [2.05, 4.69) is 10.6 Å². The Hall–Kier alpha value is -3.27. The molecule has 172 valence electrons. The molecule has 10 nitrogen and oxygen atoms in total. The second kappa shape index (κ2) is 8.70. The van der Waals surface area contributed by atoms with Gasteiger partial charge in [-0.1, -0.05) is 23.7 Å². The molecular weight excluding hydrogens is 442 g/mol. The highest BCUT2D eigenvalue weighted by molar-refractivity contribution is 6.32. The number of benzene rings is 1. The first-order valence-electron chi connectivity index (χ1n) is 9.93. The summed E-state index contributed by atoms with van der Waals surface area (Å²) in [5.74, 6) is -2.62. The molecule has 1 aromatic carbocycles. The average Bonchev–Trinajstić information content (AvgIpc) is 2.69. The van der Waals surface area contributed by atoms with Gasteiger partial charge in [0.2, 0.25) is 5.91 Å². The van der Waals surface area contributed by atoms with Crippen molar-refractivity contribution in [3.63, 3.8) is 0 Å². The number of rotatable bonds is 5. The fourth-order valence-electron chi connectivity index (χ4n) is 3.65. The van der Waals surface area contributed by atoms with Crippen molar-refractivity contribution in [2.75, 3.05) is 0 Å². The van der Waals surface area contributed by atoms with Crippen molar-refractivity contribution >= 4 is 35.5 Å². The number of nitrogens with zero attached hydrogens (tertiary/aromatic N) is 1. The summed E-state index contributed by atoms with van der Waals surface area (Å²) >= 11 is 5.98. The molecule has 1 saturated heterocycles. The van der Waals surface area contributed by atoms with Gasteiger partial charge in [0.1, 0.15) is 29.1 Å². The molecule has 1 fully saturated rings. The molecule has 1 aromatic rings. The van der Waals surface area contributed by atoms with Crippen LogP contribution in [0.25, 0.3) is 0 Å². The molecule has 0 aliphatic carbocycles. The van der Waals surface area contributed by atoms with E-state index in [4.69, 9.17) is 16.3 Å². The van der Waals surface area contributed by atoms with Crippen LogP contribution in [0.15, 0.2) is 35.0 Å². The van der Waals surface area contributed by atoms with Crippen LogP contribution in [0.1, 0.15) is 45.2 Å². The molecule has 0 radical (unpaired) electrons. The standard InChI is InChI=1S/C21H24ClN3O7/c1-21(2,3)32-20(31)24-14(10-4-6-11(26)7-5-10)17(27)23-15-13-9-8-12(22)16(19(29)30)25(13)18(15)28/h4-7,13-15,26H,8-9H2,1-3H3,(H,23,27)(H,24,31)(H,29,30)/t13-,14?,15-/m1/s1. The Morgan fingerprint density at radius 3 is 2.41 bits per heavy atom. The van der Waals surface area contributed by atoms with Gasteiger partial charge in [0.25, 0.3) is 5.91 Å². The zero-order valence-electron chi connectivity index (χ0n) is 17.7. The first-order valence-corrected chi connectivity index (χ1v) is 10.3. The molecule has 32 heavy (non-hydrogen) atoms. The van der Waals surface area contributed by atoms with E-state index in [1.807, 2.05) is 0 Å². The van der Waals surface area contributed by atoms with Crippen LogP contribution in [0.4, 0.5) is 4.79 Å². The van der Waals surface area contributed by atoms with Crippen molar-refractivity contribution in [3.8, 4) is 5.75 Å². The number of fused-ring (bicyclic) bond motifs is 1. The number of nitrogens with one attached hydrogen (secondary N) is 2. The molecule has 3 rings (SSSR count). The van der Waals surface area contributed by atoms with Gasteiger partial charge in [-0.25, -0.2) is 9.59 Å². The normalized spacial score (nSPS) is 21.2. The molecule has 3 atom stereocenters. The van der Waals surface area contributed by atoms with Crippen molar-refractivity contribution in [3.05, 3.63) is 40.6 Å². The topological polar surface area (TPSA) is 145 Å². The summed E-state index contributed by atoms with van der Waals surface area (Å²) in [7, 11) is 0. The van der Waals surface area contributed by atoms with Gasteiger partial charge < -0.3 is 25.6 Å². The molecule has 2 aliphatic rings. The number of amides is 3. The number of alkyl carbamates (subject to hydrolysis) is 1. The lowest BCUT2D eigenvalue weighted by Crippen LogP contribution is -2.72. The van der Waals surface area contributed by atoms with Crippen LogP contribution in [0.2, 0.25) is 0 Å². The number of phenolic OH excluding ortho intramolecular Hbond substituents is 1. The Kier molecular flexibility index (Phi) is 6.36. The lowest BCUT2D eigenvalue weighted by Gasteiger charge is -2.49. The van der Waals surface area contributed by atoms with Gasteiger partial charge >= 0.3 is 12.1 Å². The first kappa shape index (κ1) is 23.4. The third-order valence-corrected chi connectivity index (χ3v) is 5.40. The summed E-state index contributed by atoms with van der Waals surface area (Å²) in [5, 5.41) is 24.1. The maximum atomic E-state index is 13.1. The zero-order chi connectivity index (χ0) is 23.8. The van der Waals surface area contributed by atoms with Crippen LogP contribution >= 0.6 is 11.6 Å². The summed E-state index contributed by atoms with van der Waals surface area (Å²) in [6, 6.07) is 2.90. The maximum absolute atomic E-state index is 13.1. The predicted molar refractivity (Wildman–Crippen MR) is 113 cm³/mol. The van der Waals surface area contributed by atoms with Crippen LogP contribution < -0.4 is 10.6 Å². The Balaban J connectivity index is 1.79. The van der Waals surface area contributed by atoms with Gasteiger partial charge in [0.15, 0.2) is 0 Å². The number of aromatic hydroxyl groups is 1. The lowest BCUT2D eigenvalue weighted by atomic mass is 9.86. The highest BCUT2D eigenvalue weighted by Gasteiger charge is 2.53. The summed E-state index contributed by atoms with van der Waals surface area (Å²) in [6.07, 6.45) is -0.190. The minimum Gasteiger partial charge on any atom is -0.508 e. The number of hydrogen-bond acceptors (Lipinski definition) is 6. The average molecular weight is 466 g/mol. The fraction of sp³-hybridized carbons (Fsp3) is 0.429. The summed E-state index contributed by atoms with van der Waals surface area (Å²) in [4.78, 5) is 50.5. The molecule has 2 aliphatic heterocycles. The molecule has 3 amide bonds. The highest BCUT2D eigenvalue weighted by atomic mass is 35.5. The number of phenols is 1. The van der Waals surface area contributed by atoms with Crippen LogP contribution in [0, 0.1) is 0 Å². The number of carbonyl (C=O) groups excluding carboxylic acids is 3. The summed E-state index contributed by atoms with van der Waals surface area (Å²) < 4.78 is 5.23. The third-order valence-electron chi connectivity index (χ3n) is 5.03. The molecule has 11 heteroatoms. The second-order valence-corrected chi connectivity index (χ2v) is 8.99. The van der Waals surface area contributed by atoms with Crippen molar-refractivity contribution in [1.82, 2.24) is 15.5 Å². The number of halogens is 1. The fourth-order valence-corrected chi connectivity index (χ4v) is 3.93. The minimum absolute atomic E-state index is 0.0259. The molecular formula is C21H24ClN3O7. The summed E-state index contributed by atoms with van der Waals surface area (Å²) in [5.41, 5.74) is -0.723. The van der Waals surface area contributed by atoms with Crippen LogP contribution in [0.5, 0.6) is 5.75 Å². The largest absolute Gasteiger partial charge is 0.508 e. The number of carbonyl (C=O) groups is 4. The van der Waals surface area contributed by atoms with Crippen molar-refractivity contribution < 1.29 is 34.1 Å². The second-order valence-electron chi connectivity index (χ2n) is 8.53. The van der Waals surface area contributed by atoms with Gasteiger partial charge in [-0.05, 0) is 51.3 Å². The van der Waals surface area contributed by atoms with Gasteiger partial charge in [-0.3, -0.25) is 14.5 Å². The quantitative estimate of drug-likeness (QED) is 0.486. The number of carboxylic acid groups (broad SMARTS) is 1. The number of hydrogen-bond donors (Lipinski definition) is 4. The van der Waals surface area contributed by atoms with E-state index in [1.54, 1.807) is 20.8 Å². The summed E-state index contributed by atoms with van der Waals surface area (Å²) in [6.45, 7) is 5.02. The highest BCUT2D eigenvalue weighted by Crippen LogP contribution is 2.38. The van der Waals surface area contributed by atoms with Crippen molar-refractivity contribution in [2.24, 2.45) is 0 Å². The SMILES string of the molecule is CC(C)(C)OC(=O)NC(C(=O)N[C@H]1C(=O)N2C(C(=O)O)=C(Cl)CC[C@H]12)c1ccc(O)cc1. The van der Waals surface area contributed by atoms with Crippen LogP contribution in [0.3, 0.4) is 0 Å². The molecule has 0 spiro atoms. The van der Waals surface area contributed by atoms with E-state index in [1.165, 1.54) is 24.3 Å². The molecule has 4 N–H and O–H groups in total. The number of allylic oxidation sites excluding steroid dienone is 1. The van der Waals surface area contributed by atoms with E-state index in [0.29, 0.717) is 12.0 Å². The number of β-lactam (4-membered cyclic amide) rings is 1. The maximum Gasteiger partial charge on any atom is 0.408 e. The van der Waals surface area contributed by atoms with Gasteiger partial charge in [-0.2, -0.15) is 0 Å².